The van der Waals surface area contributed by atoms with Crippen LogP contribution in [0.15, 0.2) is 36.5 Å². The van der Waals surface area contributed by atoms with Crippen molar-refractivity contribution < 1.29 is 29.8 Å². The molecule has 1 saturated heterocycles. The van der Waals surface area contributed by atoms with E-state index in [-0.39, 0.29) is 24.1 Å². The van der Waals surface area contributed by atoms with Crippen LogP contribution in [0.5, 0.6) is 0 Å². The lowest BCUT2D eigenvalue weighted by Gasteiger charge is -2.33. The maximum atomic E-state index is 11.7. The molecule has 0 aliphatic carbocycles. The first-order chi connectivity index (χ1) is 15.3. The van der Waals surface area contributed by atoms with Crippen LogP contribution in [-0.2, 0) is 9.59 Å². The second-order valence-corrected chi connectivity index (χ2v) is 7.71. The van der Waals surface area contributed by atoms with Crippen molar-refractivity contribution in [1.82, 2.24) is 15.4 Å². The Labute approximate surface area is 186 Å². The van der Waals surface area contributed by atoms with Gasteiger partial charge in [0, 0.05) is 31.1 Å². The number of benzene rings is 1. The molecule has 1 aromatic carbocycles. The van der Waals surface area contributed by atoms with Gasteiger partial charge in [0.2, 0.25) is 11.8 Å². The number of pyridine rings is 1. The largest absolute Gasteiger partial charge is 0.477 e. The van der Waals surface area contributed by atoms with Crippen LogP contribution in [-0.4, -0.2) is 68.8 Å². The van der Waals surface area contributed by atoms with Crippen molar-refractivity contribution in [3.05, 3.63) is 42.2 Å². The molecule has 1 fully saturated rings. The molecule has 2 heterocycles. The van der Waals surface area contributed by atoms with Crippen molar-refractivity contribution in [2.24, 2.45) is 11.7 Å². The van der Waals surface area contributed by atoms with Crippen molar-refractivity contribution in [2.45, 2.75) is 38.1 Å². The number of carboxylic acid groups (broad SMARTS) is 1. The minimum Gasteiger partial charge on any atom is -0.477 e. The Morgan fingerprint density at radius 1 is 1.19 bits per heavy atom. The molecule has 32 heavy (non-hydrogen) atoms. The molecule has 1 aromatic heterocycles. The molecule has 1 aliphatic rings. The maximum absolute atomic E-state index is 11.7. The average Bonchev–Trinajstić information content (AvgIpc) is 2.83. The van der Waals surface area contributed by atoms with Gasteiger partial charge in [-0.25, -0.2) is 15.3 Å². The van der Waals surface area contributed by atoms with Gasteiger partial charge >= 0.3 is 5.97 Å². The molecule has 10 nitrogen and oxygen atoms in total. The number of piperidine rings is 1. The molecule has 174 valence electrons. The van der Waals surface area contributed by atoms with Gasteiger partial charge < -0.3 is 20.8 Å². The van der Waals surface area contributed by atoms with Gasteiger partial charge in [-0.05, 0) is 43.1 Å². The zero-order valence-electron chi connectivity index (χ0n) is 17.8. The molecule has 1 aliphatic heterocycles. The van der Waals surface area contributed by atoms with E-state index in [1.165, 1.54) is 0 Å². The molecule has 0 bridgehead atoms. The fourth-order valence-electron chi connectivity index (χ4n) is 3.56. The number of carbonyl (C=O) groups is 3. The van der Waals surface area contributed by atoms with Crippen molar-refractivity contribution >= 4 is 28.6 Å². The number of carbonyl (C=O) groups excluding carboxylic acids is 2. The lowest BCUT2D eigenvalue weighted by atomic mass is 9.91. The number of nitrogens with one attached hydrogen (secondary N) is 1. The molecule has 0 unspecified atom stereocenters. The SMILES string of the molecule is N[C@@H](CO)C(=O)N1CCC(CCCC(=O)NO)CC1.O=C(O)c1cc2ccccc2cn1. The Balaban J connectivity index is 0.000000242. The number of nitrogens with two attached hydrogens (primary N) is 1. The number of rotatable bonds is 7. The summed E-state index contributed by atoms with van der Waals surface area (Å²) in [4.78, 5) is 38.7. The molecule has 1 atom stereocenters. The Morgan fingerprint density at radius 2 is 1.84 bits per heavy atom. The van der Waals surface area contributed by atoms with Gasteiger partial charge in [-0.3, -0.25) is 14.8 Å². The number of aromatic nitrogens is 1. The summed E-state index contributed by atoms with van der Waals surface area (Å²) in [6.07, 6.45) is 5.34. The number of aliphatic hydroxyl groups excluding tert-OH is 1. The van der Waals surface area contributed by atoms with Gasteiger partial charge in [-0.1, -0.05) is 24.3 Å². The van der Waals surface area contributed by atoms with Crippen molar-refractivity contribution in [3.63, 3.8) is 0 Å². The number of aromatic carboxylic acids is 1. The van der Waals surface area contributed by atoms with Crippen molar-refractivity contribution in [2.75, 3.05) is 19.7 Å². The molecular formula is C22H30N4O6. The van der Waals surface area contributed by atoms with Gasteiger partial charge in [0.1, 0.15) is 11.7 Å². The van der Waals surface area contributed by atoms with E-state index in [0.29, 0.717) is 25.4 Å². The molecule has 6 N–H and O–H groups in total. The fraction of sp³-hybridized carbons (Fsp3) is 0.455. The van der Waals surface area contributed by atoms with E-state index in [4.69, 9.17) is 21.2 Å². The first kappa shape index (κ1) is 25.2. The predicted molar refractivity (Wildman–Crippen MR) is 117 cm³/mol. The summed E-state index contributed by atoms with van der Waals surface area (Å²) in [7, 11) is 0. The number of hydrogen-bond acceptors (Lipinski definition) is 7. The number of amides is 2. The van der Waals surface area contributed by atoms with Gasteiger partial charge in [0.05, 0.1) is 6.61 Å². The molecule has 2 aromatic rings. The minimum absolute atomic E-state index is 0.0821. The Kier molecular flexibility index (Phi) is 9.99. The normalized spacial score (nSPS) is 14.9. The van der Waals surface area contributed by atoms with Crippen molar-refractivity contribution in [1.29, 1.82) is 0 Å². The molecule has 2 amide bonds. The van der Waals surface area contributed by atoms with Crippen LogP contribution in [0.2, 0.25) is 0 Å². The number of likely N-dealkylation sites (tertiary alicyclic amines) is 1. The standard InChI is InChI=1S/C12H23N3O4.C10H7NO2/c13-10(8-16)12(18)15-6-4-9(5-7-15)2-1-3-11(17)14-19;12-10(13)9-5-7-3-1-2-4-8(7)6-11-9/h9-10,16,19H,1-8,13H2,(H,14,17);1-6H,(H,12,13)/t10-;/m0./s1. The summed E-state index contributed by atoms with van der Waals surface area (Å²) < 4.78 is 0. The van der Waals surface area contributed by atoms with Gasteiger partial charge in [0.25, 0.3) is 0 Å². The van der Waals surface area contributed by atoms with Crippen LogP contribution in [0.3, 0.4) is 0 Å². The van der Waals surface area contributed by atoms with E-state index in [2.05, 4.69) is 4.98 Å². The lowest BCUT2D eigenvalue weighted by molar-refractivity contribution is -0.134. The monoisotopic (exact) mass is 446 g/mol. The van der Waals surface area contributed by atoms with Crippen LogP contribution in [0.25, 0.3) is 10.8 Å². The Bertz CT molecular complexity index is 914. The van der Waals surface area contributed by atoms with Gasteiger partial charge in [0.15, 0.2) is 0 Å². The van der Waals surface area contributed by atoms with E-state index in [1.807, 2.05) is 24.3 Å². The average molecular weight is 447 g/mol. The van der Waals surface area contributed by atoms with Crippen LogP contribution in [0, 0.1) is 5.92 Å². The van der Waals surface area contributed by atoms with Crippen molar-refractivity contribution in [3.8, 4) is 0 Å². The summed E-state index contributed by atoms with van der Waals surface area (Å²) in [5.74, 6) is -1.05. The van der Waals surface area contributed by atoms with E-state index >= 15 is 0 Å². The van der Waals surface area contributed by atoms with Crippen LogP contribution in [0.4, 0.5) is 0 Å². The topological polar surface area (TPSA) is 166 Å². The first-order valence-electron chi connectivity index (χ1n) is 10.5. The fourth-order valence-corrected chi connectivity index (χ4v) is 3.56. The second-order valence-electron chi connectivity index (χ2n) is 7.71. The van der Waals surface area contributed by atoms with E-state index in [9.17, 15) is 14.4 Å². The highest BCUT2D eigenvalue weighted by Gasteiger charge is 2.25. The summed E-state index contributed by atoms with van der Waals surface area (Å²) in [6, 6.07) is 8.28. The van der Waals surface area contributed by atoms with E-state index < -0.39 is 12.0 Å². The molecule has 0 saturated carbocycles. The summed E-state index contributed by atoms with van der Waals surface area (Å²) >= 11 is 0. The number of nitrogens with zero attached hydrogens (tertiary/aromatic N) is 2. The number of hydroxylamine groups is 1. The molecular weight excluding hydrogens is 416 g/mol. The summed E-state index contributed by atoms with van der Waals surface area (Å²) in [5.41, 5.74) is 7.20. The molecule has 0 spiro atoms. The number of aliphatic hydroxyl groups is 1. The highest BCUT2D eigenvalue weighted by Crippen LogP contribution is 2.22. The third kappa shape index (κ3) is 7.56. The first-order valence-corrected chi connectivity index (χ1v) is 10.5. The third-order valence-corrected chi connectivity index (χ3v) is 5.43. The van der Waals surface area contributed by atoms with Crippen LogP contribution >= 0.6 is 0 Å². The minimum atomic E-state index is -0.995. The van der Waals surface area contributed by atoms with E-state index in [0.717, 1.165) is 36.5 Å². The lowest BCUT2D eigenvalue weighted by Crippen LogP contribution is -2.48. The van der Waals surface area contributed by atoms with Crippen LogP contribution in [0.1, 0.15) is 42.6 Å². The van der Waals surface area contributed by atoms with Crippen LogP contribution < -0.4 is 11.2 Å². The Morgan fingerprint density at radius 3 is 2.44 bits per heavy atom. The second kappa shape index (κ2) is 12.7. The molecule has 0 radical (unpaired) electrons. The van der Waals surface area contributed by atoms with E-state index in [1.54, 1.807) is 22.6 Å². The predicted octanol–water partition coefficient (Wildman–Crippen LogP) is 1.15. The summed E-state index contributed by atoms with van der Waals surface area (Å²) in [5, 5.41) is 27.7. The maximum Gasteiger partial charge on any atom is 0.354 e. The smallest absolute Gasteiger partial charge is 0.354 e. The third-order valence-electron chi connectivity index (χ3n) is 5.43. The number of hydrogen-bond donors (Lipinski definition) is 5. The molecule has 3 rings (SSSR count). The number of fused-ring (bicyclic) bond motifs is 1. The Hall–Kier alpha value is -3.08. The quantitative estimate of drug-likeness (QED) is 0.312. The highest BCUT2D eigenvalue weighted by molar-refractivity contribution is 5.91. The zero-order valence-corrected chi connectivity index (χ0v) is 17.8. The highest BCUT2D eigenvalue weighted by atomic mass is 16.5. The van der Waals surface area contributed by atoms with Gasteiger partial charge in [-0.2, -0.15) is 0 Å². The number of carboxylic acids is 1. The zero-order chi connectivity index (χ0) is 23.5. The van der Waals surface area contributed by atoms with Gasteiger partial charge in [-0.15, -0.1) is 0 Å². The summed E-state index contributed by atoms with van der Waals surface area (Å²) in [6.45, 7) is 0.988. The molecule has 10 heteroatoms.